The minimum atomic E-state index is -2.25. The maximum atomic E-state index is 12.9. The first-order chi connectivity index (χ1) is 10.3. The van der Waals surface area contributed by atoms with Gasteiger partial charge in [-0.15, -0.1) is 0 Å². The van der Waals surface area contributed by atoms with Crippen LogP contribution >= 0.6 is 0 Å². The van der Waals surface area contributed by atoms with E-state index in [2.05, 4.69) is 10.1 Å². The van der Waals surface area contributed by atoms with Gasteiger partial charge in [0.1, 0.15) is 11.5 Å². The second kappa shape index (κ2) is 4.42. The van der Waals surface area contributed by atoms with Gasteiger partial charge in [0.15, 0.2) is 0 Å². The van der Waals surface area contributed by atoms with E-state index >= 15 is 0 Å². The number of aliphatic hydroxyl groups is 1. The average Bonchev–Trinajstić information content (AvgIpc) is 2.89. The number of nitrogens with zero attached hydrogens (tertiary/aromatic N) is 3. The van der Waals surface area contributed by atoms with Crippen LogP contribution in [0.25, 0.3) is 11.4 Å². The molecular formula is C14H16FN3O. The number of pyridine rings is 1. The Kier molecular flexibility index (Phi) is 2.14. The predicted molar refractivity (Wildman–Crippen MR) is 68.9 cm³/mol. The van der Waals surface area contributed by atoms with Crippen molar-refractivity contribution in [3.8, 4) is 11.4 Å². The summed E-state index contributed by atoms with van der Waals surface area (Å²) in [5.74, 6) is -0.422. The minimum Gasteiger partial charge on any atom is -0.396 e. The Bertz CT molecular complexity index is 684. The van der Waals surface area contributed by atoms with E-state index in [0.29, 0.717) is 24.2 Å². The van der Waals surface area contributed by atoms with Crippen molar-refractivity contribution >= 4 is 0 Å². The molecule has 0 bridgehead atoms. The third kappa shape index (κ3) is 2.26. The second-order valence-corrected chi connectivity index (χ2v) is 4.98. The molecule has 1 aliphatic rings. The van der Waals surface area contributed by atoms with Gasteiger partial charge in [0, 0.05) is 21.8 Å². The van der Waals surface area contributed by atoms with Gasteiger partial charge in [-0.2, -0.15) is 5.10 Å². The molecular weight excluding hydrogens is 245 g/mol. The molecule has 0 amide bonds. The molecule has 0 radical (unpaired) electrons. The van der Waals surface area contributed by atoms with Crippen LogP contribution in [0.1, 0.15) is 23.1 Å². The molecule has 2 aromatic rings. The van der Waals surface area contributed by atoms with Gasteiger partial charge in [0.2, 0.25) is 0 Å². The molecule has 1 N–H and O–H groups in total. The number of hydrogen-bond acceptors (Lipinski definition) is 3. The third-order valence-electron chi connectivity index (χ3n) is 3.47. The highest BCUT2D eigenvalue weighted by Gasteiger charge is 2.30. The van der Waals surface area contributed by atoms with Gasteiger partial charge >= 0.3 is 0 Å². The Morgan fingerprint density at radius 1 is 1.53 bits per heavy atom. The summed E-state index contributed by atoms with van der Waals surface area (Å²) in [7, 11) is 0. The molecule has 100 valence electrons. The van der Waals surface area contributed by atoms with Crippen molar-refractivity contribution in [3.05, 3.63) is 35.9 Å². The zero-order chi connectivity index (χ0) is 16.0. The van der Waals surface area contributed by atoms with Crippen LogP contribution in [-0.4, -0.2) is 26.5 Å². The standard InChI is InChI=1S/C14H16FN3O/c1-14(9-19)5-4-11-6-13(17-18(11)8-14)12-3-2-10(15)7-16-12/h2-3,6-7,19H,4-5,8-9H2,1H3/i1D3. The summed E-state index contributed by atoms with van der Waals surface area (Å²) in [6, 6.07) is 4.68. The highest BCUT2D eigenvalue weighted by molar-refractivity contribution is 5.54. The number of rotatable bonds is 2. The van der Waals surface area contributed by atoms with Crippen LogP contribution in [0.3, 0.4) is 0 Å². The highest BCUT2D eigenvalue weighted by Crippen LogP contribution is 2.32. The van der Waals surface area contributed by atoms with Crippen molar-refractivity contribution in [2.45, 2.75) is 26.2 Å². The molecule has 0 aliphatic carbocycles. The van der Waals surface area contributed by atoms with Gasteiger partial charge in [-0.3, -0.25) is 9.67 Å². The Balaban J connectivity index is 1.95. The van der Waals surface area contributed by atoms with Crippen LogP contribution in [0, 0.1) is 11.2 Å². The van der Waals surface area contributed by atoms with Gasteiger partial charge in [-0.05, 0) is 31.0 Å². The van der Waals surface area contributed by atoms with E-state index in [0.717, 1.165) is 11.9 Å². The fraction of sp³-hybridized carbons (Fsp3) is 0.429. The van der Waals surface area contributed by atoms with Crippen molar-refractivity contribution < 1.29 is 13.6 Å². The van der Waals surface area contributed by atoms with Crippen LogP contribution < -0.4 is 0 Å². The lowest BCUT2D eigenvalue weighted by Gasteiger charge is -2.32. The molecule has 0 saturated heterocycles. The molecule has 0 aromatic carbocycles. The van der Waals surface area contributed by atoms with Gasteiger partial charge < -0.3 is 5.11 Å². The van der Waals surface area contributed by atoms with Gasteiger partial charge in [-0.1, -0.05) is 6.85 Å². The molecule has 5 heteroatoms. The minimum absolute atomic E-state index is 0.135. The largest absolute Gasteiger partial charge is 0.396 e. The summed E-state index contributed by atoms with van der Waals surface area (Å²) in [5.41, 5.74) is 0.843. The van der Waals surface area contributed by atoms with Crippen molar-refractivity contribution in [2.24, 2.45) is 5.41 Å². The van der Waals surface area contributed by atoms with Crippen molar-refractivity contribution in [3.63, 3.8) is 0 Å². The van der Waals surface area contributed by atoms with Crippen LogP contribution in [0.15, 0.2) is 24.4 Å². The van der Waals surface area contributed by atoms with Crippen molar-refractivity contribution in [1.82, 2.24) is 14.8 Å². The van der Waals surface area contributed by atoms with Crippen LogP contribution in [-0.2, 0) is 13.0 Å². The summed E-state index contributed by atoms with van der Waals surface area (Å²) < 4.78 is 37.6. The number of halogens is 1. The van der Waals surface area contributed by atoms with E-state index in [1.165, 1.54) is 12.1 Å². The molecule has 1 atom stereocenters. The molecule has 4 nitrogen and oxygen atoms in total. The van der Waals surface area contributed by atoms with Crippen LogP contribution in [0.2, 0.25) is 0 Å². The maximum absolute atomic E-state index is 12.9. The van der Waals surface area contributed by atoms with E-state index in [1.807, 2.05) is 6.07 Å². The summed E-state index contributed by atoms with van der Waals surface area (Å²) >= 11 is 0. The van der Waals surface area contributed by atoms with E-state index < -0.39 is 24.7 Å². The predicted octanol–water partition coefficient (Wildman–Crippen LogP) is 2.03. The molecule has 3 rings (SSSR count). The Morgan fingerprint density at radius 3 is 3.11 bits per heavy atom. The van der Waals surface area contributed by atoms with E-state index in [-0.39, 0.29) is 6.54 Å². The number of aromatic nitrogens is 3. The molecule has 19 heavy (non-hydrogen) atoms. The second-order valence-electron chi connectivity index (χ2n) is 4.98. The van der Waals surface area contributed by atoms with Crippen LogP contribution in [0.4, 0.5) is 4.39 Å². The SMILES string of the molecule is [2H]C([2H])([2H])C1(CO)CCc2cc(-c3ccc(F)cn3)nn2C1. The van der Waals surface area contributed by atoms with Crippen molar-refractivity contribution in [2.75, 3.05) is 6.61 Å². The molecule has 3 heterocycles. The summed E-state index contributed by atoms with van der Waals surface area (Å²) in [6.07, 6.45) is 2.02. The molecule has 0 spiro atoms. The fourth-order valence-corrected chi connectivity index (χ4v) is 2.31. The van der Waals surface area contributed by atoms with E-state index in [1.54, 1.807) is 4.68 Å². The molecule has 2 aromatic heterocycles. The lowest BCUT2D eigenvalue weighted by Crippen LogP contribution is -2.33. The lowest BCUT2D eigenvalue weighted by molar-refractivity contribution is 0.0959. The quantitative estimate of drug-likeness (QED) is 0.903. The Morgan fingerprint density at radius 2 is 2.42 bits per heavy atom. The zero-order valence-electron chi connectivity index (χ0n) is 13.3. The fourth-order valence-electron chi connectivity index (χ4n) is 2.31. The van der Waals surface area contributed by atoms with Gasteiger partial charge in [0.25, 0.3) is 0 Å². The average molecular weight is 264 g/mol. The van der Waals surface area contributed by atoms with E-state index in [4.69, 9.17) is 4.11 Å². The summed E-state index contributed by atoms with van der Waals surface area (Å²) in [6.45, 7) is -2.52. The topological polar surface area (TPSA) is 50.9 Å². The van der Waals surface area contributed by atoms with Crippen LogP contribution in [0.5, 0.6) is 0 Å². The first-order valence-electron chi connectivity index (χ1n) is 7.64. The number of aryl methyl sites for hydroxylation is 1. The monoisotopic (exact) mass is 264 g/mol. The molecule has 1 aliphatic heterocycles. The summed E-state index contributed by atoms with van der Waals surface area (Å²) in [5, 5.41) is 14.0. The number of hydrogen-bond donors (Lipinski definition) is 1. The zero-order valence-corrected chi connectivity index (χ0v) is 10.3. The Labute approximate surface area is 115 Å². The van der Waals surface area contributed by atoms with Gasteiger partial charge in [0.05, 0.1) is 18.5 Å². The third-order valence-corrected chi connectivity index (χ3v) is 3.47. The highest BCUT2D eigenvalue weighted by atomic mass is 19.1. The van der Waals surface area contributed by atoms with Crippen molar-refractivity contribution in [1.29, 1.82) is 0 Å². The molecule has 1 unspecified atom stereocenters. The Hall–Kier alpha value is -1.75. The number of fused-ring (bicyclic) bond motifs is 1. The molecule has 0 fully saturated rings. The van der Waals surface area contributed by atoms with E-state index in [9.17, 15) is 9.50 Å². The molecule has 0 saturated carbocycles. The lowest BCUT2D eigenvalue weighted by atomic mass is 9.83. The summed E-state index contributed by atoms with van der Waals surface area (Å²) in [4.78, 5) is 3.99. The smallest absolute Gasteiger partial charge is 0.141 e. The normalized spacial score (nSPS) is 25.3. The first-order valence-corrected chi connectivity index (χ1v) is 6.14. The number of aliphatic hydroxyl groups excluding tert-OH is 1. The maximum Gasteiger partial charge on any atom is 0.141 e. The first kappa shape index (κ1) is 9.20. The van der Waals surface area contributed by atoms with Gasteiger partial charge in [-0.25, -0.2) is 4.39 Å².